The Morgan fingerprint density at radius 2 is 1.82 bits per heavy atom. The Morgan fingerprint density at radius 1 is 1.15 bits per heavy atom. The second kappa shape index (κ2) is 11.0. The number of hydrogen-bond acceptors (Lipinski definition) is 6. The van der Waals surface area contributed by atoms with Gasteiger partial charge in [-0.25, -0.2) is 8.42 Å². The van der Waals surface area contributed by atoms with Crippen LogP contribution >= 0.6 is 0 Å². The van der Waals surface area contributed by atoms with Crippen molar-refractivity contribution in [2.45, 2.75) is 29.8 Å². The number of carboxylic acids is 1. The van der Waals surface area contributed by atoms with Crippen LogP contribution in [0.25, 0.3) is 0 Å². The van der Waals surface area contributed by atoms with Gasteiger partial charge in [-0.15, -0.1) is 0 Å². The van der Waals surface area contributed by atoms with Crippen molar-refractivity contribution in [3.05, 3.63) is 60.2 Å². The number of piperidine rings is 1. The number of guanidine groups is 1. The smallest absolute Gasteiger partial charge is 0.323 e. The number of rotatable bonds is 9. The van der Waals surface area contributed by atoms with Crippen molar-refractivity contribution in [1.82, 2.24) is 15.4 Å². The molecule has 1 saturated heterocycles. The van der Waals surface area contributed by atoms with E-state index in [1.54, 1.807) is 30.3 Å². The molecule has 0 aliphatic carbocycles. The quantitative estimate of drug-likeness (QED) is 0.215. The third-order valence-electron chi connectivity index (χ3n) is 5.39. The van der Waals surface area contributed by atoms with Crippen molar-refractivity contribution in [3.63, 3.8) is 0 Å². The highest BCUT2D eigenvalue weighted by Gasteiger charge is 2.26. The molecule has 2 atom stereocenters. The maximum absolute atomic E-state index is 12.5. The molecule has 0 saturated carbocycles. The molecule has 0 radical (unpaired) electrons. The van der Waals surface area contributed by atoms with Crippen LogP contribution in [0.5, 0.6) is 0 Å². The summed E-state index contributed by atoms with van der Waals surface area (Å²) in [6.07, 6.45) is 1.85. The molecule has 3 rings (SSSR count). The summed E-state index contributed by atoms with van der Waals surface area (Å²) >= 11 is 0. The number of carbonyl (C=O) groups is 2. The number of anilines is 1. The lowest BCUT2D eigenvalue weighted by atomic mass is 10.0. The van der Waals surface area contributed by atoms with E-state index in [4.69, 9.17) is 11.1 Å². The highest BCUT2D eigenvalue weighted by atomic mass is 32.2. The molecule has 0 unspecified atom stereocenters. The lowest BCUT2D eigenvalue weighted by molar-refractivity contribution is -0.138. The van der Waals surface area contributed by atoms with Crippen molar-refractivity contribution >= 4 is 33.5 Å². The van der Waals surface area contributed by atoms with Crippen molar-refractivity contribution < 1.29 is 23.1 Å². The maximum atomic E-state index is 12.5. The van der Waals surface area contributed by atoms with Crippen molar-refractivity contribution in [3.8, 4) is 0 Å². The highest BCUT2D eigenvalue weighted by Crippen LogP contribution is 2.20. The van der Waals surface area contributed by atoms with Crippen molar-refractivity contribution in [1.29, 1.82) is 5.41 Å². The Kier molecular flexibility index (Phi) is 8.08. The van der Waals surface area contributed by atoms with Crippen LogP contribution in [-0.4, -0.2) is 63.1 Å². The molecule has 12 heteroatoms. The molecule has 1 aliphatic rings. The van der Waals surface area contributed by atoms with Gasteiger partial charge in [-0.05, 0) is 49.2 Å². The largest absolute Gasteiger partial charge is 0.480 e. The Bertz CT molecular complexity index is 1120. The molecule has 1 aliphatic heterocycles. The van der Waals surface area contributed by atoms with E-state index in [1.165, 1.54) is 24.3 Å². The second-order valence-electron chi connectivity index (χ2n) is 7.93. The fourth-order valence-corrected chi connectivity index (χ4v) is 4.91. The molecule has 0 spiro atoms. The van der Waals surface area contributed by atoms with Crippen LogP contribution < -0.4 is 26.0 Å². The zero-order valence-corrected chi connectivity index (χ0v) is 19.2. The standard InChI is InChI=1S/C22H28N6O5S/c23-22(24)26-16-5-4-12-28(14-16)17-10-8-15(9-11-17)20(29)25-13-19(21(30)31)27-34(32,33)18-6-2-1-3-7-18/h1-3,6-11,16,19,27H,4-5,12-14H2,(H,25,29)(H,30,31)(H4,23,24,26)/t16-,19-/m0/s1. The van der Waals surface area contributed by atoms with Gasteiger partial charge in [0.05, 0.1) is 4.90 Å². The minimum absolute atomic E-state index is 0.0652. The van der Waals surface area contributed by atoms with Crippen molar-refractivity contribution in [2.75, 3.05) is 24.5 Å². The topological polar surface area (TPSA) is 178 Å². The van der Waals surface area contributed by atoms with Crippen LogP contribution in [0.1, 0.15) is 23.2 Å². The third-order valence-corrected chi connectivity index (χ3v) is 6.88. The lowest BCUT2D eigenvalue weighted by Gasteiger charge is -2.34. The summed E-state index contributed by atoms with van der Waals surface area (Å²) < 4.78 is 26.9. The molecule has 1 amide bonds. The molecule has 0 bridgehead atoms. The lowest BCUT2D eigenvalue weighted by Crippen LogP contribution is -2.49. The van der Waals surface area contributed by atoms with E-state index in [0.29, 0.717) is 12.1 Å². The third kappa shape index (κ3) is 6.68. The predicted octanol–water partition coefficient (Wildman–Crippen LogP) is 0.300. The summed E-state index contributed by atoms with van der Waals surface area (Å²) in [6, 6.07) is 12.8. The van der Waals surface area contributed by atoms with E-state index >= 15 is 0 Å². The van der Waals surface area contributed by atoms with E-state index in [2.05, 4.69) is 20.3 Å². The Labute approximate surface area is 197 Å². The molecule has 0 aromatic heterocycles. The first-order chi connectivity index (χ1) is 16.2. The number of carbonyl (C=O) groups excluding carboxylic acids is 1. The minimum atomic E-state index is -4.06. The minimum Gasteiger partial charge on any atom is -0.480 e. The summed E-state index contributed by atoms with van der Waals surface area (Å²) in [7, 11) is -4.06. The molecule has 2 aromatic rings. The first-order valence-electron chi connectivity index (χ1n) is 10.7. The molecule has 2 aromatic carbocycles. The van der Waals surface area contributed by atoms with E-state index in [-0.39, 0.29) is 16.9 Å². The molecule has 1 fully saturated rings. The van der Waals surface area contributed by atoms with E-state index in [1.807, 2.05) is 0 Å². The Balaban J connectivity index is 1.59. The normalized spacial score (nSPS) is 16.9. The average Bonchev–Trinajstić information content (AvgIpc) is 2.82. The summed E-state index contributed by atoms with van der Waals surface area (Å²) in [5, 5.41) is 22.2. The Morgan fingerprint density at radius 3 is 2.44 bits per heavy atom. The molecular formula is C22H28N6O5S. The molecule has 1 heterocycles. The summed E-state index contributed by atoms with van der Waals surface area (Å²) in [5.41, 5.74) is 6.65. The molecule has 182 valence electrons. The number of hydrogen-bond donors (Lipinski definition) is 6. The predicted molar refractivity (Wildman–Crippen MR) is 127 cm³/mol. The SMILES string of the molecule is N=C(N)N[C@H]1CCCN(c2ccc(C(=O)NC[C@H](NS(=O)(=O)c3ccccc3)C(=O)O)cc2)C1. The molecular weight excluding hydrogens is 460 g/mol. The van der Waals surface area contributed by atoms with Gasteiger partial charge in [-0.1, -0.05) is 18.2 Å². The number of amides is 1. The molecule has 11 nitrogen and oxygen atoms in total. The van der Waals surface area contributed by atoms with Gasteiger partial charge in [-0.3, -0.25) is 15.0 Å². The number of sulfonamides is 1. The monoisotopic (exact) mass is 488 g/mol. The highest BCUT2D eigenvalue weighted by molar-refractivity contribution is 7.89. The average molecular weight is 489 g/mol. The van der Waals surface area contributed by atoms with Crippen LogP contribution in [0.3, 0.4) is 0 Å². The fourth-order valence-electron chi connectivity index (χ4n) is 3.70. The first-order valence-corrected chi connectivity index (χ1v) is 12.2. The fraction of sp³-hybridized carbons (Fsp3) is 0.318. The Hall–Kier alpha value is -3.64. The van der Waals surface area contributed by atoms with Crippen LogP contribution in [-0.2, 0) is 14.8 Å². The van der Waals surface area contributed by atoms with Crippen LogP contribution in [0, 0.1) is 5.41 Å². The zero-order valence-electron chi connectivity index (χ0n) is 18.4. The summed E-state index contributed by atoms with van der Waals surface area (Å²) in [5.74, 6) is -2.00. The maximum Gasteiger partial charge on any atom is 0.323 e. The summed E-state index contributed by atoms with van der Waals surface area (Å²) in [6.45, 7) is 1.09. The van der Waals surface area contributed by atoms with Crippen LogP contribution in [0.15, 0.2) is 59.5 Å². The van der Waals surface area contributed by atoms with Gasteiger partial charge in [0.1, 0.15) is 6.04 Å². The van der Waals surface area contributed by atoms with Gasteiger partial charge in [0.2, 0.25) is 10.0 Å². The van der Waals surface area contributed by atoms with Gasteiger partial charge in [0.15, 0.2) is 5.96 Å². The molecule has 7 N–H and O–H groups in total. The first kappa shape index (κ1) is 25.0. The van der Waals surface area contributed by atoms with Gasteiger partial charge < -0.3 is 26.4 Å². The number of carboxylic acid groups (broad SMARTS) is 1. The second-order valence-corrected chi connectivity index (χ2v) is 9.64. The van der Waals surface area contributed by atoms with Gasteiger partial charge >= 0.3 is 5.97 Å². The summed E-state index contributed by atoms with van der Waals surface area (Å²) in [4.78, 5) is 26.1. The van der Waals surface area contributed by atoms with E-state index in [9.17, 15) is 23.1 Å². The van der Waals surface area contributed by atoms with Crippen LogP contribution in [0.2, 0.25) is 0 Å². The number of benzene rings is 2. The van der Waals surface area contributed by atoms with Gasteiger partial charge in [0.25, 0.3) is 5.91 Å². The number of nitrogens with zero attached hydrogens (tertiary/aromatic N) is 1. The number of nitrogens with two attached hydrogens (primary N) is 1. The van der Waals surface area contributed by atoms with Gasteiger partial charge in [-0.2, -0.15) is 4.72 Å². The van der Waals surface area contributed by atoms with Gasteiger partial charge in [0, 0.05) is 36.9 Å². The van der Waals surface area contributed by atoms with Crippen molar-refractivity contribution in [2.24, 2.45) is 5.73 Å². The number of aliphatic carboxylic acids is 1. The zero-order chi connectivity index (χ0) is 24.7. The number of nitrogens with one attached hydrogen (secondary N) is 4. The molecule has 34 heavy (non-hydrogen) atoms. The van der Waals surface area contributed by atoms with E-state index < -0.39 is 34.5 Å². The van der Waals surface area contributed by atoms with E-state index in [0.717, 1.165) is 25.1 Å². The van der Waals surface area contributed by atoms with Crippen LogP contribution in [0.4, 0.5) is 5.69 Å².